The molecule has 6 nitrogen and oxygen atoms in total. The predicted octanol–water partition coefficient (Wildman–Crippen LogP) is 3.58. The first-order valence-corrected chi connectivity index (χ1v) is 9.99. The molecule has 1 fully saturated rings. The Morgan fingerprint density at radius 3 is 2.43 bits per heavy atom. The normalized spacial score (nSPS) is 14.8. The molecule has 1 aromatic heterocycles. The van der Waals surface area contributed by atoms with Crippen LogP contribution in [0.1, 0.15) is 54.0 Å². The number of aryl methyl sites for hydroxylation is 3. The molecule has 28 heavy (non-hydrogen) atoms. The highest BCUT2D eigenvalue weighted by Gasteiger charge is 2.16. The van der Waals surface area contributed by atoms with Crippen molar-refractivity contribution in [1.29, 1.82) is 0 Å². The van der Waals surface area contributed by atoms with Crippen molar-refractivity contribution in [2.45, 2.75) is 65.5 Å². The number of aromatic nitrogens is 3. The number of benzene rings is 1. The van der Waals surface area contributed by atoms with E-state index < -0.39 is 0 Å². The van der Waals surface area contributed by atoms with Crippen LogP contribution in [0.25, 0.3) is 0 Å². The average Bonchev–Trinajstić information content (AvgIpc) is 3.26. The number of nitrogens with zero attached hydrogens (tertiary/aromatic N) is 4. The molecule has 2 aromatic rings. The summed E-state index contributed by atoms with van der Waals surface area (Å²) in [5, 5.41) is 15.5. The van der Waals surface area contributed by atoms with Crippen LogP contribution in [0.4, 0.5) is 0 Å². The van der Waals surface area contributed by atoms with Crippen LogP contribution in [0.3, 0.4) is 0 Å². The zero-order valence-corrected chi connectivity index (χ0v) is 19.8. The maximum Gasteiger partial charge on any atom is 0.191 e. The quantitative estimate of drug-likeness (QED) is 0.365. The first-order chi connectivity index (χ1) is 13.0. The Bertz CT molecular complexity index is 772. The Morgan fingerprint density at radius 2 is 1.82 bits per heavy atom. The third kappa shape index (κ3) is 5.93. The van der Waals surface area contributed by atoms with Gasteiger partial charge < -0.3 is 15.2 Å². The zero-order valence-electron chi connectivity index (χ0n) is 17.5. The lowest BCUT2D eigenvalue weighted by atomic mass is 10.0. The number of hydrogen-bond acceptors (Lipinski definition) is 3. The second-order valence-corrected chi connectivity index (χ2v) is 7.56. The lowest BCUT2D eigenvalue weighted by Crippen LogP contribution is -2.43. The molecule has 0 spiro atoms. The molecule has 1 aromatic carbocycles. The maximum absolute atomic E-state index is 4.78. The van der Waals surface area contributed by atoms with Gasteiger partial charge in [0.2, 0.25) is 0 Å². The summed E-state index contributed by atoms with van der Waals surface area (Å²) in [6.45, 7) is 7.72. The van der Waals surface area contributed by atoms with E-state index in [-0.39, 0.29) is 24.0 Å². The zero-order chi connectivity index (χ0) is 19.2. The SMILES string of the molecule is Cc1cccc(C)c1CCNC(=NCc1nnc(C)n1C)NC1CCCC1.I. The standard InChI is InChI=1S/C21H32N6.HI/c1-15-8-7-9-16(2)19(15)12-13-22-21(24-18-10-5-6-11-18)23-14-20-26-25-17(3)27(20)4;/h7-9,18H,5-6,10-14H2,1-4H3,(H2,22,23,24);1H. The van der Waals surface area contributed by atoms with E-state index in [1.54, 1.807) is 0 Å². The van der Waals surface area contributed by atoms with Gasteiger partial charge in [-0.25, -0.2) is 4.99 Å². The van der Waals surface area contributed by atoms with E-state index in [1.165, 1.54) is 42.4 Å². The van der Waals surface area contributed by atoms with Crippen molar-refractivity contribution in [2.24, 2.45) is 12.0 Å². The molecule has 0 radical (unpaired) electrons. The van der Waals surface area contributed by atoms with Gasteiger partial charge in [0.15, 0.2) is 11.8 Å². The Hall–Kier alpha value is -1.64. The maximum atomic E-state index is 4.78. The third-order valence-corrected chi connectivity index (χ3v) is 5.57. The topological polar surface area (TPSA) is 67.1 Å². The molecule has 2 N–H and O–H groups in total. The molecular formula is C21H33IN6. The number of halogens is 1. The predicted molar refractivity (Wildman–Crippen MR) is 125 cm³/mol. The van der Waals surface area contributed by atoms with Crippen LogP contribution in [0.15, 0.2) is 23.2 Å². The van der Waals surface area contributed by atoms with Crippen LogP contribution in [0.5, 0.6) is 0 Å². The van der Waals surface area contributed by atoms with Gasteiger partial charge in [0.25, 0.3) is 0 Å². The van der Waals surface area contributed by atoms with Crippen molar-refractivity contribution in [3.05, 3.63) is 46.5 Å². The molecule has 0 aliphatic heterocycles. The first kappa shape index (κ1) is 22.6. The van der Waals surface area contributed by atoms with Crippen molar-refractivity contribution < 1.29 is 0 Å². The molecular weight excluding hydrogens is 463 g/mol. The summed E-state index contributed by atoms with van der Waals surface area (Å²) in [5.74, 6) is 2.68. The minimum atomic E-state index is 0. The number of rotatable bonds is 6. The molecule has 0 atom stereocenters. The van der Waals surface area contributed by atoms with E-state index in [0.717, 1.165) is 30.6 Å². The summed E-state index contributed by atoms with van der Waals surface area (Å²) in [7, 11) is 1.98. The van der Waals surface area contributed by atoms with Crippen molar-refractivity contribution in [3.8, 4) is 0 Å². The van der Waals surface area contributed by atoms with Gasteiger partial charge in [0.1, 0.15) is 12.4 Å². The number of guanidine groups is 1. The van der Waals surface area contributed by atoms with Gasteiger partial charge in [0, 0.05) is 19.6 Å². The third-order valence-electron chi connectivity index (χ3n) is 5.57. The van der Waals surface area contributed by atoms with Crippen molar-refractivity contribution in [3.63, 3.8) is 0 Å². The molecule has 1 saturated carbocycles. The smallest absolute Gasteiger partial charge is 0.191 e. The van der Waals surface area contributed by atoms with Crippen molar-refractivity contribution in [2.75, 3.05) is 6.54 Å². The lowest BCUT2D eigenvalue weighted by Gasteiger charge is -2.18. The Morgan fingerprint density at radius 1 is 1.14 bits per heavy atom. The lowest BCUT2D eigenvalue weighted by molar-refractivity contribution is 0.610. The minimum absolute atomic E-state index is 0. The van der Waals surface area contributed by atoms with Crippen LogP contribution >= 0.6 is 24.0 Å². The monoisotopic (exact) mass is 496 g/mol. The molecule has 0 saturated heterocycles. The first-order valence-electron chi connectivity index (χ1n) is 9.99. The Balaban J connectivity index is 0.00000280. The summed E-state index contributed by atoms with van der Waals surface area (Å²) in [6.07, 6.45) is 6.04. The van der Waals surface area contributed by atoms with Gasteiger partial charge in [-0.15, -0.1) is 34.2 Å². The van der Waals surface area contributed by atoms with Gasteiger partial charge in [0.05, 0.1) is 0 Å². The van der Waals surface area contributed by atoms with Crippen LogP contribution in [0, 0.1) is 20.8 Å². The van der Waals surface area contributed by atoms with Gasteiger partial charge >= 0.3 is 0 Å². The van der Waals surface area contributed by atoms with Crippen LogP contribution in [-0.2, 0) is 20.0 Å². The van der Waals surface area contributed by atoms with Crippen LogP contribution in [-0.4, -0.2) is 33.3 Å². The van der Waals surface area contributed by atoms with Crippen LogP contribution < -0.4 is 10.6 Å². The number of hydrogen-bond donors (Lipinski definition) is 2. The van der Waals surface area contributed by atoms with Gasteiger partial charge in [-0.1, -0.05) is 31.0 Å². The second-order valence-electron chi connectivity index (χ2n) is 7.56. The number of aliphatic imine (C=N–C) groups is 1. The Labute approximate surface area is 185 Å². The summed E-state index contributed by atoms with van der Waals surface area (Å²) in [4.78, 5) is 4.78. The average molecular weight is 496 g/mol. The molecule has 0 bridgehead atoms. The number of nitrogens with one attached hydrogen (secondary N) is 2. The van der Waals surface area contributed by atoms with E-state index in [1.807, 2.05) is 18.5 Å². The summed E-state index contributed by atoms with van der Waals surface area (Å²) < 4.78 is 1.99. The van der Waals surface area contributed by atoms with Crippen molar-refractivity contribution >= 4 is 29.9 Å². The molecule has 0 unspecified atom stereocenters. The summed E-state index contributed by atoms with van der Waals surface area (Å²) in [5.41, 5.74) is 4.14. The molecule has 7 heteroatoms. The highest BCUT2D eigenvalue weighted by Crippen LogP contribution is 2.17. The molecule has 1 heterocycles. The molecule has 1 aliphatic rings. The Kier molecular flexibility index (Phi) is 8.72. The van der Waals surface area contributed by atoms with Gasteiger partial charge in [-0.2, -0.15) is 0 Å². The van der Waals surface area contributed by atoms with Crippen LogP contribution in [0.2, 0.25) is 0 Å². The van der Waals surface area contributed by atoms with E-state index in [4.69, 9.17) is 4.99 Å². The molecule has 154 valence electrons. The van der Waals surface area contributed by atoms with Gasteiger partial charge in [-0.05, 0) is 56.7 Å². The minimum Gasteiger partial charge on any atom is -0.356 e. The van der Waals surface area contributed by atoms with Crippen molar-refractivity contribution in [1.82, 2.24) is 25.4 Å². The largest absolute Gasteiger partial charge is 0.356 e. The highest BCUT2D eigenvalue weighted by atomic mass is 127. The highest BCUT2D eigenvalue weighted by molar-refractivity contribution is 14.0. The summed E-state index contributed by atoms with van der Waals surface area (Å²) >= 11 is 0. The van der Waals surface area contributed by atoms with E-state index >= 15 is 0 Å². The van der Waals surface area contributed by atoms with E-state index in [2.05, 4.69) is 52.9 Å². The van der Waals surface area contributed by atoms with E-state index in [0.29, 0.717) is 12.6 Å². The molecule has 3 rings (SSSR count). The molecule has 0 amide bonds. The fourth-order valence-corrected chi connectivity index (χ4v) is 3.70. The van der Waals surface area contributed by atoms with E-state index in [9.17, 15) is 0 Å². The van der Waals surface area contributed by atoms with Gasteiger partial charge in [-0.3, -0.25) is 0 Å². The summed E-state index contributed by atoms with van der Waals surface area (Å²) in [6, 6.07) is 7.02. The fraction of sp³-hybridized carbons (Fsp3) is 0.571. The molecule has 1 aliphatic carbocycles. The second kappa shape index (κ2) is 10.8. The fourth-order valence-electron chi connectivity index (χ4n) is 3.70.